The second kappa shape index (κ2) is 11.0. The van der Waals surface area contributed by atoms with Crippen molar-refractivity contribution in [1.82, 2.24) is 9.97 Å². The fourth-order valence-electron chi connectivity index (χ4n) is 3.20. The molecule has 2 aromatic carbocycles. The largest absolute Gasteiger partial charge is 0.497 e. The highest BCUT2D eigenvalue weighted by molar-refractivity contribution is 6.03. The number of ether oxygens (including phenoxy) is 3. The molecule has 0 spiro atoms. The van der Waals surface area contributed by atoms with Crippen molar-refractivity contribution in [1.29, 1.82) is 0 Å². The summed E-state index contributed by atoms with van der Waals surface area (Å²) >= 11 is 0. The van der Waals surface area contributed by atoms with Gasteiger partial charge in [-0.15, -0.1) is 0 Å². The van der Waals surface area contributed by atoms with Crippen LogP contribution in [0.1, 0.15) is 21.5 Å². The molecule has 3 rings (SSSR count). The molecular weight excluding hydrogens is 470 g/mol. The van der Waals surface area contributed by atoms with Crippen LogP contribution in [0.3, 0.4) is 0 Å². The van der Waals surface area contributed by atoms with E-state index in [1.807, 2.05) is 24.3 Å². The van der Waals surface area contributed by atoms with Crippen LogP contribution < -0.4 is 19.1 Å². The van der Waals surface area contributed by atoms with Gasteiger partial charge in [0.05, 0.1) is 21.3 Å². The molecule has 0 atom stereocenters. The van der Waals surface area contributed by atoms with Crippen LogP contribution in [0, 0.1) is 0 Å². The number of ketones is 1. The minimum atomic E-state index is -4.90. The lowest BCUT2D eigenvalue weighted by Crippen LogP contribution is -2.37. The van der Waals surface area contributed by atoms with Crippen molar-refractivity contribution < 1.29 is 36.6 Å². The van der Waals surface area contributed by atoms with E-state index in [0.717, 1.165) is 24.4 Å². The van der Waals surface area contributed by atoms with Crippen molar-refractivity contribution >= 4 is 11.7 Å². The minimum absolute atomic E-state index is 0.0467. The average Bonchev–Trinajstić information content (AvgIpc) is 2.88. The first-order chi connectivity index (χ1) is 16.7. The molecule has 11 heteroatoms. The van der Waals surface area contributed by atoms with Crippen molar-refractivity contribution in [2.24, 2.45) is 0 Å². The van der Waals surface area contributed by atoms with Gasteiger partial charge in [-0.2, -0.15) is 13.8 Å². The molecule has 0 aliphatic carbocycles. The molecule has 0 fully saturated rings. The van der Waals surface area contributed by atoms with Crippen molar-refractivity contribution in [3.05, 3.63) is 71.4 Å². The third kappa shape index (κ3) is 5.97. The summed E-state index contributed by atoms with van der Waals surface area (Å²) in [4.78, 5) is 21.9. The number of carbonyl (C=O) groups excluding carboxylic acids is 1. The van der Waals surface area contributed by atoms with Crippen LogP contribution in [-0.4, -0.2) is 49.4 Å². The van der Waals surface area contributed by atoms with Gasteiger partial charge in [0.2, 0.25) is 17.6 Å². The molecule has 0 radical (unpaired) electrons. The molecule has 186 valence electrons. The predicted octanol–water partition coefficient (Wildman–Crippen LogP) is 4.79. The van der Waals surface area contributed by atoms with E-state index in [-0.39, 0.29) is 5.95 Å². The van der Waals surface area contributed by atoms with Crippen LogP contribution in [0.15, 0.2) is 54.7 Å². The van der Waals surface area contributed by atoms with E-state index in [0.29, 0.717) is 24.6 Å². The first-order valence-corrected chi connectivity index (χ1v) is 10.3. The van der Waals surface area contributed by atoms with Crippen molar-refractivity contribution in [2.75, 3.05) is 26.2 Å². The summed E-state index contributed by atoms with van der Waals surface area (Å²) in [6, 6.07) is 14.4. The predicted molar refractivity (Wildman–Crippen MR) is 120 cm³/mol. The minimum Gasteiger partial charge on any atom is -0.497 e. The molecule has 35 heavy (non-hydrogen) atoms. The number of benzene rings is 2. The molecule has 0 aliphatic rings. The molecule has 0 saturated heterocycles. The standard InChI is InChI=1S/C24H23F4N3O4/c1-33-17-8-4-15(5-9-17)13-31(14-16-6-10-18(34-2)11-7-16)23-29-12-19(21(30-23)35-3)20(32)24(27,28)22(25)26/h4-12,22H,13-14H2,1-3H3. The summed E-state index contributed by atoms with van der Waals surface area (Å²) in [5, 5.41) is 0. The summed E-state index contributed by atoms with van der Waals surface area (Å²) in [6.45, 7) is 0.583. The molecule has 0 N–H and O–H groups in total. The molecular formula is C24H23F4N3O4. The van der Waals surface area contributed by atoms with Crippen molar-refractivity contribution in [3.8, 4) is 17.4 Å². The maximum absolute atomic E-state index is 13.7. The molecule has 0 amide bonds. The Kier molecular flexibility index (Phi) is 8.10. The Bertz CT molecular complexity index is 1090. The zero-order chi connectivity index (χ0) is 25.6. The van der Waals surface area contributed by atoms with Crippen molar-refractivity contribution in [3.63, 3.8) is 0 Å². The van der Waals surface area contributed by atoms with Crippen LogP contribution in [0.5, 0.6) is 17.4 Å². The van der Waals surface area contributed by atoms with Gasteiger partial charge in [0.1, 0.15) is 17.1 Å². The summed E-state index contributed by atoms with van der Waals surface area (Å²) in [6.07, 6.45) is -3.41. The number of nitrogens with zero attached hydrogens (tertiary/aromatic N) is 3. The Morgan fingerprint density at radius 2 is 1.37 bits per heavy atom. The Morgan fingerprint density at radius 3 is 1.77 bits per heavy atom. The highest BCUT2D eigenvalue weighted by Gasteiger charge is 2.50. The third-order valence-corrected chi connectivity index (χ3v) is 5.10. The number of hydrogen-bond acceptors (Lipinski definition) is 7. The normalized spacial score (nSPS) is 11.3. The quantitative estimate of drug-likeness (QED) is 0.281. The van der Waals surface area contributed by atoms with Crippen molar-refractivity contribution in [2.45, 2.75) is 25.4 Å². The molecule has 0 saturated carbocycles. The molecule has 1 heterocycles. The summed E-state index contributed by atoms with van der Waals surface area (Å²) in [5.74, 6) is -6.18. The van der Waals surface area contributed by atoms with Crippen LogP contribution in [-0.2, 0) is 13.1 Å². The van der Waals surface area contributed by atoms with Gasteiger partial charge in [-0.3, -0.25) is 4.79 Å². The van der Waals surface area contributed by atoms with Gasteiger partial charge in [-0.25, -0.2) is 13.8 Å². The zero-order valence-electron chi connectivity index (χ0n) is 19.2. The number of carbonyl (C=O) groups is 1. The molecule has 0 bridgehead atoms. The van der Waals surface area contributed by atoms with Gasteiger partial charge in [-0.05, 0) is 35.4 Å². The smallest absolute Gasteiger partial charge is 0.369 e. The van der Waals surface area contributed by atoms with Gasteiger partial charge in [0.15, 0.2) is 0 Å². The summed E-state index contributed by atoms with van der Waals surface area (Å²) in [5.41, 5.74) is 0.868. The molecule has 1 aromatic heterocycles. The Hall–Kier alpha value is -3.89. The number of alkyl halides is 4. The van der Waals surface area contributed by atoms with Crippen LogP contribution in [0.2, 0.25) is 0 Å². The second-order valence-electron chi connectivity index (χ2n) is 7.40. The van der Waals surface area contributed by atoms with E-state index in [2.05, 4.69) is 9.97 Å². The lowest BCUT2D eigenvalue weighted by atomic mass is 10.1. The van der Waals surface area contributed by atoms with Gasteiger partial charge in [-0.1, -0.05) is 24.3 Å². The van der Waals surface area contributed by atoms with Gasteiger partial charge in [0, 0.05) is 19.3 Å². The Labute approximate surface area is 199 Å². The first kappa shape index (κ1) is 25.7. The number of Topliss-reactive ketones (excluding diaryl/α,β-unsaturated/α-hetero) is 1. The maximum atomic E-state index is 13.7. The number of anilines is 1. The van der Waals surface area contributed by atoms with Gasteiger partial charge >= 0.3 is 12.3 Å². The van der Waals surface area contributed by atoms with E-state index in [1.54, 1.807) is 43.4 Å². The average molecular weight is 493 g/mol. The fourth-order valence-corrected chi connectivity index (χ4v) is 3.20. The van der Waals surface area contributed by atoms with Gasteiger partial charge in [0.25, 0.3) is 0 Å². The lowest BCUT2D eigenvalue weighted by Gasteiger charge is -2.24. The first-order valence-electron chi connectivity index (χ1n) is 10.3. The van der Waals surface area contributed by atoms with Crippen LogP contribution in [0.25, 0.3) is 0 Å². The molecule has 0 unspecified atom stereocenters. The molecule has 3 aromatic rings. The van der Waals surface area contributed by atoms with E-state index in [4.69, 9.17) is 14.2 Å². The summed E-state index contributed by atoms with van der Waals surface area (Å²) in [7, 11) is 4.19. The highest BCUT2D eigenvalue weighted by Crippen LogP contribution is 2.31. The monoisotopic (exact) mass is 493 g/mol. The van der Waals surface area contributed by atoms with Crippen LogP contribution >= 0.6 is 0 Å². The number of rotatable bonds is 11. The number of methoxy groups -OCH3 is 3. The van der Waals surface area contributed by atoms with Crippen LogP contribution in [0.4, 0.5) is 23.5 Å². The number of hydrogen-bond donors (Lipinski definition) is 0. The Morgan fingerprint density at radius 1 is 0.886 bits per heavy atom. The zero-order valence-corrected chi connectivity index (χ0v) is 19.2. The van der Waals surface area contributed by atoms with E-state index < -0.39 is 29.6 Å². The Balaban J connectivity index is 1.97. The number of halogens is 4. The third-order valence-electron chi connectivity index (χ3n) is 5.10. The van der Waals surface area contributed by atoms with E-state index in [1.165, 1.54) is 0 Å². The van der Waals surface area contributed by atoms with E-state index in [9.17, 15) is 22.4 Å². The number of aromatic nitrogens is 2. The maximum Gasteiger partial charge on any atom is 0.369 e. The highest BCUT2D eigenvalue weighted by atomic mass is 19.3. The second-order valence-corrected chi connectivity index (χ2v) is 7.40. The molecule has 7 nitrogen and oxygen atoms in total. The topological polar surface area (TPSA) is 73.8 Å². The summed E-state index contributed by atoms with van der Waals surface area (Å²) < 4.78 is 68.1. The SMILES string of the molecule is COc1ccc(CN(Cc2ccc(OC)cc2)c2ncc(C(=O)C(F)(F)C(F)F)c(OC)n2)cc1. The van der Waals surface area contributed by atoms with Gasteiger partial charge < -0.3 is 19.1 Å². The fraction of sp³-hybridized carbons (Fsp3) is 0.292. The van der Waals surface area contributed by atoms with E-state index >= 15 is 0 Å². The molecule has 0 aliphatic heterocycles. The lowest BCUT2D eigenvalue weighted by molar-refractivity contribution is -0.0959.